The van der Waals surface area contributed by atoms with Crippen molar-refractivity contribution in [3.05, 3.63) is 12.4 Å². The number of hydrogen-bond acceptors (Lipinski definition) is 3. The van der Waals surface area contributed by atoms with Gasteiger partial charge in [0.25, 0.3) is 0 Å². The normalized spacial score (nSPS) is 11.6. The molecule has 0 atom stereocenters. The molecule has 0 aliphatic rings. The zero-order valence-electron chi connectivity index (χ0n) is 11.1. The summed E-state index contributed by atoms with van der Waals surface area (Å²) in [6.45, 7) is -0.521. The van der Waals surface area contributed by atoms with E-state index in [9.17, 15) is 18.0 Å². The Hall–Kier alpha value is -1.57. The molecule has 1 amide bonds. The fourth-order valence-electron chi connectivity index (χ4n) is 1.71. The molecule has 0 fully saturated rings. The van der Waals surface area contributed by atoms with E-state index in [1.807, 2.05) is 0 Å². The first-order chi connectivity index (χ1) is 9.40. The van der Waals surface area contributed by atoms with Gasteiger partial charge in [0.2, 0.25) is 5.91 Å². The monoisotopic (exact) mass is 292 g/mol. The van der Waals surface area contributed by atoms with Crippen molar-refractivity contribution in [2.24, 2.45) is 5.73 Å². The fraction of sp³-hybridized carbons (Fsp3) is 0.667. The van der Waals surface area contributed by atoms with Crippen molar-refractivity contribution in [2.75, 3.05) is 11.9 Å². The second-order valence-corrected chi connectivity index (χ2v) is 4.54. The number of amides is 1. The highest BCUT2D eigenvalue weighted by Gasteiger charge is 2.28. The van der Waals surface area contributed by atoms with Crippen LogP contribution in [0, 0.1) is 0 Å². The third kappa shape index (κ3) is 7.13. The van der Waals surface area contributed by atoms with Gasteiger partial charge < -0.3 is 11.1 Å². The van der Waals surface area contributed by atoms with Crippen LogP contribution in [0.15, 0.2) is 12.4 Å². The van der Waals surface area contributed by atoms with E-state index in [-0.39, 0.29) is 11.6 Å². The van der Waals surface area contributed by atoms with Crippen molar-refractivity contribution in [1.82, 2.24) is 9.78 Å². The summed E-state index contributed by atoms with van der Waals surface area (Å²) in [5, 5.41) is 6.07. The van der Waals surface area contributed by atoms with Crippen LogP contribution in [0.5, 0.6) is 0 Å². The van der Waals surface area contributed by atoms with Crippen LogP contribution in [0.4, 0.5) is 18.9 Å². The van der Waals surface area contributed by atoms with Gasteiger partial charge in [0, 0.05) is 12.6 Å². The smallest absolute Gasteiger partial charge is 0.330 e. The first-order valence-corrected chi connectivity index (χ1v) is 6.50. The first-order valence-electron chi connectivity index (χ1n) is 6.50. The van der Waals surface area contributed by atoms with E-state index in [0.717, 1.165) is 30.4 Å². The second-order valence-electron chi connectivity index (χ2n) is 4.54. The maximum Gasteiger partial charge on any atom is 0.408 e. The molecule has 1 aromatic rings. The molecule has 0 saturated heterocycles. The molecule has 0 aliphatic carbocycles. The van der Waals surface area contributed by atoms with Gasteiger partial charge in [-0.05, 0) is 19.4 Å². The van der Waals surface area contributed by atoms with Crippen LogP contribution in [0.25, 0.3) is 0 Å². The van der Waals surface area contributed by atoms with Crippen LogP contribution in [-0.4, -0.2) is 28.4 Å². The first kappa shape index (κ1) is 16.5. The molecule has 5 nitrogen and oxygen atoms in total. The second kappa shape index (κ2) is 7.88. The lowest BCUT2D eigenvalue weighted by molar-refractivity contribution is -0.142. The third-order valence-electron chi connectivity index (χ3n) is 2.62. The van der Waals surface area contributed by atoms with Crippen molar-refractivity contribution in [1.29, 1.82) is 0 Å². The standard InChI is InChI=1S/C12H19F3N4O/c13-12(14,15)9-19-8-10(7-17-19)18-11(20)5-3-1-2-4-6-16/h7-8H,1-6,9,16H2,(H,18,20). The Bertz CT molecular complexity index is 417. The molecule has 1 rings (SSSR count). The van der Waals surface area contributed by atoms with Gasteiger partial charge in [-0.25, -0.2) is 0 Å². The molecule has 0 aliphatic heterocycles. The Morgan fingerprint density at radius 2 is 2.00 bits per heavy atom. The summed E-state index contributed by atoms with van der Waals surface area (Å²) in [4.78, 5) is 11.5. The molecule has 3 N–H and O–H groups in total. The van der Waals surface area contributed by atoms with E-state index >= 15 is 0 Å². The summed E-state index contributed by atoms with van der Waals surface area (Å²) < 4.78 is 37.1. The lowest BCUT2D eigenvalue weighted by Gasteiger charge is -2.05. The number of rotatable bonds is 8. The summed E-state index contributed by atoms with van der Waals surface area (Å²) in [5.41, 5.74) is 5.63. The number of anilines is 1. The van der Waals surface area contributed by atoms with E-state index < -0.39 is 12.7 Å². The van der Waals surface area contributed by atoms with Crippen LogP contribution in [0.1, 0.15) is 32.1 Å². The molecule has 0 aromatic carbocycles. The third-order valence-corrected chi connectivity index (χ3v) is 2.62. The van der Waals surface area contributed by atoms with Crippen molar-refractivity contribution < 1.29 is 18.0 Å². The number of alkyl halides is 3. The number of aromatic nitrogens is 2. The minimum atomic E-state index is -4.32. The highest BCUT2D eigenvalue weighted by Crippen LogP contribution is 2.18. The Balaban J connectivity index is 2.28. The molecule has 8 heteroatoms. The van der Waals surface area contributed by atoms with Crippen LogP contribution in [0.3, 0.4) is 0 Å². The van der Waals surface area contributed by atoms with Gasteiger partial charge in [0.15, 0.2) is 0 Å². The molecule has 0 unspecified atom stereocenters. The molecule has 0 bridgehead atoms. The number of halogens is 3. The topological polar surface area (TPSA) is 72.9 Å². The average Bonchev–Trinajstić information content (AvgIpc) is 2.73. The molecular formula is C12H19F3N4O. The van der Waals surface area contributed by atoms with E-state index in [1.54, 1.807) is 0 Å². The van der Waals surface area contributed by atoms with Gasteiger partial charge in [0.1, 0.15) is 6.54 Å². The molecule has 0 radical (unpaired) electrons. The maximum atomic E-state index is 12.1. The zero-order valence-corrected chi connectivity index (χ0v) is 11.1. The van der Waals surface area contributed by atoms with Crippen molar-refractivity contribution in [3.8, 4) is 0 Å². The maximum absolute atomic E-state index is 12.1. The number of carbonyl (C=O) groups is 1. The molecule has 1 heterocycles. The minimum absolute atomic E-state index is 0.218. The van der Waals surface area contributed by atoms with Gasteiger partial charge >= 0.3 is 6.18 Å². The number of nitrogens with zero attached hydrogens (tertiary/aromatic N) is 2. The Kier molecular flexibility index (Phi) is 6.50. The quantitative estimate of drug-likeness (QED) is 0.722. The van der Waals surface area contributed by atoms with E-state index in [0.29, 0.717) is 13.0 Å². The summed E-state index contributed by atoms with van der Waals surface area (Å²) in [6, 6.07) is 0. The fourth-order valence-corrected chi connectivity index (χ4v) is 1.71. The van der Waals surface area contributed by atoms with Gasteiger partial charge in [-0.15, -0.1) is 0 Å². The largest absolute Gasteiger partial charge is 0.408 e. The van der Waals surface area contributed by atoms with Crippen molar-refractivity contribution in [3.63, 3.8) is 0 Å². The number of nitrogens with two attached hydrogens (primary N) is 1. The average molecular weight is 292 g/mol. The predicted molar refractivity (Wildman–Crippen MR) is 69.1 cm³/mol. The lowest BCUT2D eigenvalue weighted by atomic mass is 10.1. The summed E-state index contributed by atoms with van der Waals surface area (Å²) in [6.07, 6.45) is 1.96. The summed E-state index contributed by atoms with van der Waals surface area (Å²) in [7, 11) is 0. The molecule has 114 valence electrons. The Morgan fingerprint density at radius 3 is 2.65 bits per heavy atom. The van der Waals surface area contributed by atoms with E-state index in [4.69, 9.17) is 5.73 Å². The lowest BCUT2D eigenvalue weighted by Crippen LogP contribution is -2.17. The minimum Gasteiger partial charge on any atom is -0.330 e. The number of unbranched alkanes of at least 4 members (excludes halogenated alkanes) is 3. The summed E-state index contributed by atoms with van der Waals surface area (Å²) in [5.74, 6) is -0.218. The van der Waals surface area contributed by atoms with Crippen LogP contribution >= 0.6 is 0 Å². The number of nitrogens with one attached hydrogen (secondary N) is 1. The Morgan fingerprint density at radius 1 is 1.30 bits per heavy atom. The SMILES string of the molecule is NCCCCCCC(=O)Nc1cnn(CC(F)(F)F)c1. The zero-order chi connectivity index (χ0) is 15.0. The highest BCUT2D eigenvalue weighted by molar-refractivity contribution is 5.90. The molecule has 20 heavy (non-hydrogen) atoms. The van der Waals surface area contributed by atoms with Gasteiger partial charge in [-0.1, -0.05) is 12.8 Å². The Labute approximate surface area is 115 Å². The van der Waals surface area contributed by atoms with Crippen molar-refractivity contribution >= 4 is 11.6 Å². The van der Waals surface area contributed by atoms with Crippen LogP contribution in [-0.2, 0) is 11.3 Å². The van der Waals surface area contributed by atoms with E-state index in [2.05, 4.69) is 10.4 Å². The highest BCUT2D eigenvalue weighted by atomic mass is 19.4. The van der Waals surface area contributed by atoms with Crippen LogP contribution in [0.2, 0.25) is 0 Å². The van der Waals surface area contributed by atoms with Crippen molar-refractivity contribution in [2.45, 2.75) is 44.8 Å². The van der Waals surface area contributed by atoms with Gasteiger partial charge in [-0.3, -0.25) is 9.48 Å². The molecule has 1 aromatic heterocycles. The van der Waals surface area contributed by atoms with Gasteiger partial charge in [-0.2, -0.15) is 18.3 Å². The van der Waals surface area contributed by atoms with E-state index in [1.165, 1.54) is 12.4 Å². The van der Waals surface area contributed by atoms with Crippen LogP contribution < -0.4 is 11.1 Å². The molecule has 0 spiro atoms. The predicted octanol–water partition coefficient (Wildman–Crippen LogP) is 2.29. The molecular weight excluding hydrogens is 273 g/mol. The number of hydrogen-bond donors (Lipinski definition) is 2. The number of carbonyl (C=O) groups excluding carboxylic acids is 1. The molecule has 0 saturated carbocycles. The summed E-state index contributed by atoms with van der Waals surface area (Å²) >= 11 is 0. The van der Waals surface area contributed by atoms with Gasteiger partial charge in [0.05, 0.1) is 11.9 Å².